The number of carbonyl (C=O) groups is 2. The predicted molar refractivity (Wildman–Crippen MR) is 74.7 cm³/mol. The lowest BCUT2D eigenvalue weighted by Gasteiger charge is -2.11. The van der Waals surface area contributed by atoms with E-state index < -0.39 is 0 Å². The van der Waals surface area contributed by atoms with Crippen LogP contribution >= 0.6 is 0 Å². The van der Waals surface area contributed by atoms with Crippen LogP contribution in [0.15, 0.2) is 24.3 Å². The second-order valence-electron chi connectivity index (χ2n) is 4.46. The minimum absolute atomic E-state index is 0.0302. The van der Waals surface area contributed by atoms with Crippen LogP contribution in [0.3, 0.4) is 0 Å². The van der Waals surface area contributed by atoms with E-state index >= 15 is 0 Å². The monoisotopic (exact) mass is 274 g/mol. The normalized spacial score (nSPS) is 9.45. The lowest BCUT2D eigenvalue weighted by atomic mass is 10.1. The van der Waals surface area contributed by atoms with Gasteiger partial charge in [-0.15, -0.1) is 0 Å². The van der Waals surface area contributed by atoms with Crippen LogP contribution in [0.25, 0.3) is 0 Å². The van der Waals surface area contributed by atoms with Gasteiger partial charge in [0.25, 0.3) is 0 Å². The van der Waals surface area contributed by atoms with Gasteiger partial charge in [0.05, 0.1) is 11.6 Å². The Labute approximate surface area is 118 Å². The Kier molecular flexibility index (Phi) is 6.04. The van der Waals surface area contributed by atoms with Gasteiger partial charge < -0.3 is 15.5 Å². The lowest BCUT2D eigenvalue weighted by molar-refractivity contribution is -0.128. The van der Waals surface area contributed by atoms with Crippen molar-refractivity contribution in [3.63, 3.8) is 0 Å². The van der Waals surface area contributed by atoms with E-state index in [1.807, 2.05) is 6.07 Å². The minimum atomic E-state index is -0.319. The molecule has 1 rings (SSSR count). The van der Waals surface area contributed by atoms with E-state index in [1.54, 1.807) is 38.4 Å². The molecule has 106 valence electrons. The number of nitrogens with one attached hydrogen (secondary N) is 2. The first-order chi connectivity index (χ1) is 9.52. The molecule has 0 heterocycles. The molecule has 0 bridgehead atoms. The molecular weight excluding hydrogens is 256 g/mol. The number of carbonyl (C=O) groups excluding carboxylic acids is 2. The number of urea groups is 1. The second-order valence-corrected chi connectivity index (χ2v) is 4.46. The van der Waals surface area contributed by atoms with Gasteiger partial charge in [0, 0.05) is 33.6 Å². The molecule has 0 atom stereocenters. The molecule has 2 N–H and O–H groups in total. The Morgan fingerprint density at radius 1 is 1.20 bits per heavy atom. The van der Waals surface area contributed by atoms with Gasteiger partial charge in [-0.3, -0.25) is 4.79 Å². The topological polar surface area (TPSA) is 85.2 Å². The van der Waals surface area contributed by atoms with Crippen LogP contribution in [0.5, 0.6) is 0 Å². The summed E-state index contributed by atoms with van der Waals surface area (Å²) < 4.78 is 0. The van der Waals surface area contributed by atoms with Crippen molar-refractivity contribution in [3.05, 3.63) is 35.4 Å². The molecule has 6 heteroatoms. The van der Waals surface area contributed by atoms with Gasteiger partial charge in [0.15, 0.2) is 0 Å². The number of amides is 3. The zero-order valence-corrected chi connectivity index (χ0v) is 11.6. The maximum Gasteiger partial charge on any atom is 0.315 e. The third-order valence-electron chi connectivity index (χ3n) is 2.66. The number of rotatable bonds is 5. The summed E-state index contributed by atoms with van der Waals surface area (Å²) in [5.74, 6) is -0.0302. The van der Waals surface area contributed by atoms with Crippen molar-refractivity contribution in [2.45, 2.75) is 13.0 Å². The van der Waals surface area contributed by atoms with Crippen molar-refractivity contribution < 1.29 is 9.59 Å². The molecule has 6 nitrogen and oxygen atoms in total. The molecule has 20 heavy (non-hydrogen) atoms. The van der Waals surface area contributed by atoms with E-state index in [0.29, 0.717) is 18.7 Å². The van der Waals surface area contributed by atoms with E-state index in [0.717, 1.165) is 5.56 Å². The first-order valence-corrected chi connectivity index (χ1v) is 6.24. The molecule has 0 aliphatic heterocycles. The third-order valence-corrected chi connectivity index (χ3v) is 2.66. The molecule has 0 radical (unpaired) electrons. The molecule has 0 unspecified atom stereocenters. The quantitative estimate of drug-likeness (QED) is 0.834. The van der Waals surface area contributed by atoms with Crippen LogP contribution in [0.4, 0.5) is 4.79 Å². The smallest absolute Gasteiger partial charge is 0.315 e. The fourth-order valence-electron chi connectivity index (χ4n) is 1.45. The van der Waals surface area contributed by atoms with Gasteiger partial charge in [-0.05, 0) is 17.7 Å². The maximum absolute atomic E-state index is 11.5. The second kappa shape index (κ2) is 7.79. The first-order valence-electron chi connectivity index (χ1n) is 6.24. The minimum Gasteiger partial charge on any atom is -0.349 e. The summed E-state index contributed by atoms with van der Waals surface area (Å²) >= 11 is 0. The fraction of sp³-hybridized carbons (Fsp3) is 0.357. The summed E-state index contributed by atoms with van der Waals surface area (Å²) in [6.45, 7) is 0.676. The number of nitrogens with zero attached hydrogens (tertiary/aromatic N) is 2. The van der Waals surface area contributed by atoms with Crippen LogP contribution in [-0.4, -0.2) is 37.5 Å². The summed E-state index contributed by atoms with van der Waals surface area (Å²) in [5.41, 5.74) is 1.49. The molecule has 0 saturated heterocycles. The molecule has 0 fully saturated rings. The number of hydrogen-bond donors (Lipinski definition) is 2. The molecule has 0 saturated carbocycles. The summed E-state index contributed by atoms with van der Waals surface area (Å²) in [5, 5.41) is 14.0. The molecule has 1 aromatic carbocycles. The number of benzene rings is 1. The van der Waals surface area contributed by atoms with Gasteiger partial charge in [-0.25, -0.2) is 4.79 Å². The Hall–Kier alpha value is -2.55. The SMILES string of the molecule is CN(C)C(=O)CCNC(=O)NCc1ccc(C#N)cc1. The van der Waals surface area contributed by atoms with E-state index in [4.69, 9.17) is 5.26 Å². The summed E-state index contributed by atoms with van der Waals surface area (Å²) in [4.78, 5) is 24.3. The highest BCUT2D eigenvalue weighted by molar-refractivity contribution is 5.77. The molecule has 0 aliphatic rings. The highest BCUT2D eigenvalue weighted by Gasteiger charge is 2.05. The first kappa shape index (κ1) is 15.5. The molecule has 0 aromatic heterocycles. The van der Waals surface area contributed by atoms with Crippen LogP contribution in [0.1, 0.15) is 17.5 Å². The van der Waals surface area contributed by atoms with Crippen molar-refractivity contribution in [2.75, 3.05) is 20.6 Å². The van der Waals surface area contributed by atoms with Crippen molar-refractivity contribution in [1.29, 1.82) is 5.26 Å². The highest BCUT2D eigenvalue weighted by Crippen LogP contribution is 2.02. The largest absolute Gasteiger partial charge is 0.349 e. The van der Waals surface area contributed by atoms with Gasteiger partial charge in [0.1, 0.15) is 0 Å². The van der Waals surface area contributed by atoms with Crippen LogP contribution in [0.2, 0.25) is 0 Å². The van der Waals surface area contributed by atoms with E-state index in [1.165, 1.54) is 4.90 Å². The number of hydrogen-bond acceptors (Lipinski definition) is 3. The van der Waals surface area contributed by atoms with Gasteiger partial charge in [-0.2, -0.15) is 5.26 Å². The maximum atomic E-state index is 11.5. The summed E-state index contributed by atoms with van der Waals surface area (Å²) in [7, 11) is 3.35. The third kappa shape index (κ3) is 5.40. The van der Waals surface area contributed by atoms with Crippen molar-refractivity contribution in [2.24, 2.45) is 0 Å². The molecular formula is C14H18N4O2. The van der Waals surface area contributed by atoms with E-state index in [2.05, 4.69) is 10.6 Å². The standard InChI is InChI=1S/C14H18N4O2/c1-18(2)13(19)7-8-16-14(20)17-10-12-5-3-11(9-15)4-6-12/h3-6H,7-8,10H2,1-2H3,(H2,16,17,20). The molecule has 3 amide bonds. The average Bonchev–Trinajstić information content (AvgIpc) is 2.45. The highest BCUT2D eigenvalue weighted by atomic mass is 16.2. The zero-order chi connectivity index (χ0) is 15.0. The fourth-order valence-corrected chi connectivity index (χ4v) is 1.45. The Bertz CT molecular complexity index is 503. The van der Waals surface area contributed by atoms with Gasteiger partial charge in [-0.1, -0.05) is 12.1 Å². The zero-order valence-electron chi connectivity index (χ0n) is 11.6. The molecule has 0 aliphatic carbocycles. The summed E-state index contributed by atoms with van der Waals surface area (Å²) in [6, 6.07) is 8.68. The predicted octanol–water partition coefficient (Wildman–Crippen LogP) is 0.836. The number of nitriles is 1. The summed E-state index contributed by atoms with van der Waals surface area (Å²) in [6.07, 6.45) is 0.275. The Morgan fingerprint density at radius 2 is 1.85 bits per heavy atom. The molecule has 1 aromatic rings. The van der Waals surface area contributed by atoms with Crippen LogP contribution < -0.4 is 10.6 Å². The van der Waals surface area contributed by atoms with Gasteiger partial charge >= 0.3 is 6.03 Å². The van der Waals surface area contributed by atoms with Crippen molar-refractivity contribution in [1.82, 2.24) is 15.5 Å². The average molecular weight is 274 g/mol. The van der Waals surface area contributed by atoms with Crippen LogP contribution in [0, 0.1) is 11.3 Å². The Balaban J connectivity index is 2.26. The van der Waals surface area contributed by atoms with Crippen molar-refractivity contribution in [3.8, 4) is 6.07 Å². The van der Waals surface area contributed by atoms with E-state index in [-0.39, 0.29) is 18.4 Å². The lowest BCUT2D eigenvalue weighted by Crippen LogP contribution is -2.37. The van der Waals surface area contributed by atoms with Crippen LogP contribution in [-0.2, 0) is 11.3 Å². The molecule has 0 spiro atoms. The van der Waals surface area contributed by atoms with Crippen molar-refractivity contribution >= 4 is 11.9 Å². The van der Waals surface area contributed by atoms with Gasteiger partial charge in [0.2, 0.25) is 5.91 Å². The van der Waals surface area contributed by atoms with E-state index in [9.17, 15) is 9.59 Å². The Morgan fingerprint density at radius 3 is 2.40 bits per heavy atom.